The Labute approximate surface area is 414 Å². The van der Waals surface area contributed by atoms with Crippen LogP contribution in [0.3, 0.4) is 0 Å². The highest BCUT2D eigenvalue weighted by Gasteiger charge is 2.27. The van der Waals surface area contributed by atoms with Gasteiger partial charge in [-0.05, 0) is 114 Å². The Bertz CT molecular complexity index is 3810. The van der Waals surface area contributed by atoms with E-state index in [2.05, 4.69) is 59.7 Å². The van der Waals surface area contributed by atoms with Crippen LogP contribution in [0, 0.1) is 13.8 Å². The fraction of sp³-hybridized carbons (Fsp3) is 0.0455. The summed E-state index contributed by atoms with van der Waals surface area (Å²) in [5.41, 5.74) is 5.86. The predicted octanol–water partition coefficient (Wildman–Crippen LogP) is 13.5. The zero-order valence-corrected chi connectivity index (χ0v) is 39.8. The number of nitrogens with zero attached hydrogens (tertiary/aromatic N) is 8. The lowest BCUT2D eigenvalue weighted by atomic mass is 10.0. The summed E-state index contributed by atoms with van der Waals surface area (Å²) >= 11 is 0.823. The van der Waals surface area contributed by atoms with Crippen LogP contribution in [0.1, 0.15) is 11.1 Å². The number of fused-ring (bicyclic) bond motifs is 3. The van der Waals surface area contributed by atoms with E-state index in [1.54, 1.807) is 73.7 Å². The number of azo groups is 4. The van der Waals surface area contributed by atoms with Gasteiger partial charge in [0.1, 0.15) is 32.5 Å². The van der Waals surface area contributed by atoms with E-state index in [0.29, 0.717) is 51.8 Å². The van der Waals surface area contributed by atoms with E-state index >= 15 is 0 Å². The van der Waals surface area contributed by atoms with E-state index in [1.807, 2.05) is 0 Å². The molecule has 0 unspecified atom stereocenters. The number of benzene rings is 8. The van der Waals surface area contributed by atoms with Gasteiger partial charge in [0, 0.05) is 10.8 Å². The van der Waals surface area contributed by atoms with Gasteiger partial charge in [0.25, 0.3) is 20.2 Å². The Balaban J connectivity index is 1.23. The molecule has 0 atom stereocenters. The van der Waals surface area contributed by atoms with Crippen molar-refractivity contribution in [2.75, 3.05) is 5.73 Å². The number of rotatable bonds is 16. The first-order chi connectivity index (χ1) is 34.4. The molecule has 0 aliphatic rings. The standard InChI is InChI=1S/C44H33N9O15S4/c1-21-28-19-33(70-68-66-58)38(50-46-24-9-5-3-6-10-24)42(54)26(28)13-15-30(21)48-51-39-32(69-67-65-57)17-23-18-34(71(59,60)61)40(37(45)36(23)44(39)56)52-49-31-16-14-27-29(22(31)2)20-35(72(62,63)64)41(43(27)55)53-47-25-11-7-4-8-12-25/h3-20,54-58H,45H2,1-2H3,(H,59,60,61)(H,62,63,64). The largest absolute Gasteiger partial charge is 0.505 e. The summed E-state index contributed by atoms with van der Waals surface area (Å²) in [7, 11) is -10.2. The molecule has 0 fully saturated rings. The molecule has 0 amide bonds. The third-order valence-electron chi connectivity index (χ3n) is 10.7. The number of phenols is 3. The topological polar surface area (TPSA) is 372 Å². The maximum Gasteiger partial charge on any atom is 0.296 e. The van der Waals surface area contributed by atoms with Crippen LogP contribution in [-0.4, -0.2) is 51.8 Å². The van der Waals surface area contributed by atoms with E-state index in [1.165, 1.54) is 37.3 Å². The van der Waals surface area contributed by atoms with Gasteiger partial charge in [-0.25, -0.2) is 10.5 Å². The lowest BCUT2D eigenvalue weighted by Gasteiger charge is -2.15. The SMILES string of the molecule is Cc1c(N=Nc2c(SOOO)cc3cc(S(=O)(=O)O)c(N=Nc4ccc5c(O)c(N=Nc6ccccc6)c(S(=O)(=O)O)cc5c4C)c(N)c3c2O)ccc2c(O)c(N=Nc3ccccc3)c(SOOO)cc12. The molecule has 0 radical (unpaired) electrons. The number of phenolic OH excluding ortho intramolecular Hbond substituents is 3. The highest BCUT2D eigenvalue weighted by molar-refractivity contribution is 7.95. The summed E-state index contributed by atoms with van der Waals surface area (Å²) in [5.74, 6) is -1.72. The smallest absolute Gasteiger partial charge is 0.296 e. The molecule has 0 bridgehead atoms. The van der Waals surface area contributed by atoms with Crippen LogP contribution in [0.25, 0.3) is 32.3 Å². The molecule has 72 heavy (non-hydrogen) atoms. The van der Waals surface area contributed by atoms with Gasteiger partial charge in [-0.15, -0.1) is 29.1 Å². The van der Waals surface area contributed by atoms with Gasteiger partial charge in [0.05, 0.1) is 67.7 Å². The molecule has 0 aliphatic carbocycles. The molecule has 9 N–H and O–H groups in total. The van der Waals surface area contributed by atoms with Crippen LogP contribution in [0.4, 0.5) is 51.2 Å². The second kappa shape index (κ2) is 21.0. The Hall–Kier alpha value is -7.58. The number of nitrogen functional groups attached to an aromatic ring is 1. The highest BCUT2D eigenvalue weighted by Crippen LogP contribution is 2.51. The van der Waals surface area contributed by atoms with Crippen LogP contribution < -0.4 is 5.73 Å². The molecule has 8 aromatic rings. The summed E-state index contributed by atoms with van der Waals surface area (Å²) in [6.45, 7) is 3.09. The molecule has 28 heteroatoms. The van der Waals surface area contributed by atoms with E-state index in [0.717, 1.165) is 12.1 Å². The lowest BCUT2D eigenvalue weighted by Crippen LogP contribution is -2.02. The summed E-state index contributed by atoms with van der Waals surface area (Å²) < 4.78 is 80.8. The van der Waals surface area contributed by atoms with E-state index in [9.17, 15) is 41.3 Å². The van der Waals surface area contributed by atoms with Gasteiger partial charge in [0.2, 0.25) is 0 Å². The average molecular weight is 1060 g/mol. The van der Waals surface area contributed by atoms with Crippen molar-refractivity contribution >= 4 is 128 Å². The van der Waals surface area contributed by atoms with Gasteiger partial charge in [-0.2, -0.15) is 37.3 Å². The van der Waals surface area contributed by atoms with Crippen molar-refractivity contribution in [3.63, 3.8) is 0 Å². The maximum absolute atomic E-state index is 12.9. The second-order valence-electron chi connectivity index (χ2n) is 14.9. The van der Waals surface area contributed by atoms with Crippen LogP contribution >= 0.6 is 24.1 Å². The van der Waals surface area contributed by atoms with Crippen molar-refractivity contribution < 1.29 is 70.5 Å². The molecular formula is C44H33N9O15S4. The van der Waals surface area contributed by atoms with Gasteiger partial charge < -0.3 is 21.1 Å². The predicted molar refractivity (Wildman–Crippen MR) is 261 cm³/mol. The Kier molecular flexibility index (Phi) is 14.8. The number of nitrogens with two attached hydrogens (primary N) is 1. The highest BCUT2D eigenvalue weighted by atomic mass is 32.2. The molecule has 0 spiro atoms. The number of anilines is 1. The van der Waals surface area contributed by atoms with Crippen LogP contribution in [0.5, 0.6) is 17.2 Å². The van der Waals surface area contributed by atoms with Crippen molar-refractivity contribution in [1.82, 2.24) is 0 Å². The molecular weight excluding hydrogens is 1020 g/mol. The van der Waals surface area contributed by atoms with Crippen molar-refractivity contribution in [2.45, 2.75) is 33.4 Å². The Morgan fingerprint density at radius 2 is 0.917 bits per heavy atom. The summed E-state index contributed by atoms with van der Waals surface area (Å²) in [4.78, 5) is -1.66. The fourth-order valence-electron chi connectivity index (χ4n) is 7.26. The zero-order chi connectivity index (χ0) is 51.5. The Morgan fingerprint density at radius 3 is 1.43 bits per heavy atom. The van der Waals surface area contributed by atoms with E-state index < -0.39 is 58.6 Å². The maximum atomic E-state index is 12.9. The van der Waals surface area contributed by atoms with Gasteiger partial charge in [0.15, 0.2) is 17.2 Å². The molecule has 8 rings (SSSR count). The molecule has 0 aliphatic heterocycles. The number of hydrogen-bond acceptors (Lipinski definition) is 24. The Morgan fingerprint density at radius 1 is 0.486 bits per heavy atom. The minimum atomic E-state index is -5.17. The first-order valence-electron chi connectivity index (χ1n) is 20.1. The first-order valence-corrected chi connectivity index (χ1v) is 24.5. The van der Waals surface area contributed by atoms with Crippen LogP contribution in [0.2, 0.25) is 0 Å². The third kappa shape index (κ3) is 10.4. The summed E-state index contributed by atoms with van der Waals surface area (Å²) in [6.07, 6.45) is 0. The van der Waals surface area contributed by atoms with Crippen molar-refractivity contribution in [1.29, 1.82) is 0 Å². The number of hydrogen-bond donors (Lipinski definition) is 8. The molecule has 0 aromatic heterocycles. The minimum absolute atomic E-state index is 0.0240. The van der Waals surface area contributed by atoms with Crippen molar-refractivity contribution in [3.05, 3.63) is 120 Å². The first kappa shape index (κ1) is 50.8. The van der Waals surface area contributed by atoms with Crippen molar-refractivity contribution in [2.24, 2.45) is 40.9 Å². The average Bonchev–Trinajstić information content (AvgIpc) is 3.35. The molecule has 0 saturated carbocycles. The summed E-state index contributed by atoms with van der Waals surface area (Å²) in [6, 6.07) is 27.2. The van der Waals surface area contributed by atoms with Crippen LogP contribution in [-0.2, 0) is 39.0 Å². The quantitative estimate of drug-likeness (QED) is 0.0111. The molecule has 8 aromatic carbocycles. The number of aryl methyl sites for hydroxylation is 2. The van der Waals surface area contributed by atoms with Gasteiger partial charge >= 0.3 is 0 Å². The molecule has 24 nitrogen and oxygen atoms in total. The second-order valence-corrected chi connectivity index (χ2v) is 19.2. The minimum Gasteiger partial charge on any atom is -0.505 e. The van der Waals surface area contributed by atoms with Crippen molar-refractivity contribution in [3.8, 4) is 17.2 Å². The zero-order valence-electron chi connectivity index (χ0n) is 36.6. The number of aromatic hydroxyl groups is 3. The van der Waals surface area contributed by atoms with E-state index in [-0.39, 0.29) is 65.4 Å². The van der Waals surface area contributed by atoms with Crippen LogP contribution in [0.15, 0.2) is 170 Å². The fourth-order valence-corrected chi connectivity index (χ4v) is 9.56. The van der Waals surface area contributed by atoms with Gasteiger partial charge in [-0.1, -0.05) is 46.5 Å². The molecule has 368 valence electrons. The molecule has 0 saturated heterocycles. The monoisotopic (exact) mass is 1060 g/mol. The van der Waals surface area contributed by atoms with E-state index in [4.69, 9.17) is 16.2 Å². The molecule has 0 heterocycles. The lowest BCUT2D eigenvalue weighted by molar-refractivity contribution is -0.432. The normalized spacial score (nSPS) is 12.6. The third-order valence-corrected chi connectivity index (χ3v) is 13.7. The summed E-state index contributed by atoms with van der Waals surface area (Å²) in [5, 5.41) is 93.3. The van der Waals surface area contributed by atoms with Gasteiger partial charge in [-0.3, -0.25) is 9.11 Å².